The highest BCUT2D eigenvalue weighted by atomic mass is 35.5. The monoisotopic (exact) mass is 498 g/mol. The number of amides is 2. The van der Waals surface area contributed by atoms with Crippen LogP contribution >= 0.6 is 23.2 Å². The Morgan fingerprint density at radius 1 is 0.971 bits per heavy atom. The summed E-state index contributed by atoms with van der Waals surface area (Å²) in [6.07, 6.45) is 1.42. The number of benzene rings is 2. The van der Waals surface area contributed by atoms with Gasteiger partial charge in [-0.25, -0.2) is 4.98 Å². The Labute approximate surface area is 207 Å². The lowest BCUT2D eigenvalue weighted by atomic mass is 10.1. The van der Waals surface area contributed by atoms with Gasteiger partial charge in [0.15, 0.2) is 0 Å². The van der Waals surface area contributed by atoms with E-state index in [1.807, 2.05) is 6.92 Å². The molecule has 0 aliphatic rings. The van der Waals surface area contributed by atoms with Crippen LogP contribution in [0.25, 0.3) is 0 Å². The number of aliphatic imine (C=N–C) groups is 1. The Kier molecular flexibility index (Phi) is 8.09. The van der Waals surface area contributed by atoms with Crippen molar-refractivity contribution in [3.63, 3.8) is 0 Å². The highest BCUT2D eigenvalue weighted by Crippen LogP contribution is 2.33. The van der Waals surface area contributed by atoms with Gasteiger partial charge in [0.1, 0.15) is 11.7 Å². The summed E-state index contributed by atoms with van der Waals surface area (Å²) in [6.45, 7) is 2.45. The van der Waals surface area contributed by atoms with Crippen LogP contribution in [0.3, 0.4) is 0 Å². The molecule has 176 valence electrons. The first-order valence-corrected chi connectivity index (χ1v) is 11.1. The Hall–Kier alpha value is -3.62. The minimum Gasteiger partial charge on any atom is -0.384 e. The van der Waals surface area contributed by atoms with Gasteiger partial charge in [-0.05, 0) is 43.3 Å². The quantitative estimate of drug-likeness (QED) is 0.323. The number of aromatic nitrogens is 1. The van der Waals surface area contributed by atoms with Crippen LogP contribution in [0.2, 0.25) is 10.0 Å². The van der Waals surface area contributed by atoms with E-state index in [0.29, 0.717) is 45.2 Å². The number of nitrogens with two attached hydrogens (primary N) is 1. The van der Waals surface area contributed by atoms with Gasteiger partial charge in [-0.15, -0.1) is 0 Å². The number of halogens is 2. The average Bonchev–Trinajstić information content (AvgIpc) is 2.81. The van der Waals surface area contributed by atoms with Gasteiger partial charge < -0.3 is 21.3 Å². The number of anilines is 3. The third-order valence-electron chi connectivity index (χ3n) is 4.79. The van der Waals surface area contributed by atoms with Crippen molar-refractivity contribution in [1.82, 2.24) is 4.98 Å². The van der Waals surface area contributed by atoms with E-state index in [0.717, 1.165) is 5.56 Å². The minimum absolute atomic E-state index is 0.178. The van der Waals surface area contributed by atoms with Gasteiger partial charge in [0.2, 0.25) is 0 Å². The smallest absolute Gasteiger partial charge is 0.259 e. The van der Waals surface area contributed by atoms with Gasteiger partial charge in [-0.3, -0.25) is 14.6 Å². The molecule has 10 heteroatoms. The second-order valence-corrected chi connectivity index (χ2v) is 8.32. The fraction of sp³-hybridized carbons (Fsp3) is 0.167. The third-order valence-corrected chi connectivity index (χ3v) is 5.23. The summed E-state index contributed by atoms with van der Waals surface area (Å²) in [5.74, 6) is -0.187. The van der Waals surface area contributed by atoms with Crippen LogP contribution < -0.4 is 21.3 Å². The van der Waals surface area contributed by atoms with Crippen molar-refractivity contribution in [3.05, 3.63) is 81.5 Å². The molecule has 0 spiro atoms. The Morgan fingerprint density at radius 2 is 1.65 bits per heavy atom. The fourth-order valence-corrected chi connectivity index (χ4v) is 3.45. The number of hydrogen-bond acceptors (Lipinski definition) is 5. The number of rotatable bonds is 7. The first kappa shape index (κ1) is 25.0. The molecule has 1 aromatic heterocycles. The van der Waals surface area contributed by atoms with Crippen molar-refractivity contribution in [2.24, 2.45) is 10.7 Å². The predicted octanol–water partition coefficient (Wildman–Crippen LogP) is 4.68. The van der Waals surface area contributed by atoms with Crippen molar-refractivity contribution in [3.8, 4) is 0 Å². The molecule has 2 aromatic carbocycles. The number of nitrogens with one attached hydrogen (secondary N) is 2. The van der Waals surface area contributed by atoms with Gasteiger partial charge >= 0.3 is 0 Å². The largest absolute Gasteiger partial charge is 0.384 e. The second-order valence-electron chi connectivity index (χ2n) is 7.45. The molecule has 0 fully saturated rings. The first-order valence-electron chi connectivity index (χ1n) is 10.3. The number of pyridine rings is 1. The summed E-state index contributed by atoms with van der Waals surface area (Å²) in [6, 6.07) is 13.1. The highest BCUT2D eigenvalue weighted by Gasteiger charge is 2.21. The van der Waals surface area contributed by atoms with Crippen LogP contribution in [0.15, 0.2) is 59.7 Å². The summed E-state index contributed by atoms with van der Waals surface area (Å²) >= 11 is 12.2. The number of carbonyl (C=O) groups is 2. The molecule has 0 saturated heterocycles. The number of nitrogens with zero attached hydrogens (tertiary/aromatic N) is 3. The maximum atomic E-state index is 13.1. The Morgan fingerprint density at radius 3 is 2.24 bits per heavy atom. The lowest BCUT2D eigenvalue weighted by molar-refractivity contribution is 0.102. The molecule has 0 aliphatic heterocycles. The number of carbonyl (C=O) groups excluding carboxylic acids is 2. The van der Waals surface area contributed by atoms with Crippen LogP contribution in [0.4, 0.5) is 17.2 Å². The fourth-order valence-electron chi connectivity index (χ4n) is 3.13. The molecule has 0 aliphatic carbocycles. The van der Waals surface area contributed by atoms with E-state index in [1.54, 1.807) is 61.5 Å². The standard InChI is InChI=1S/C24H24Cl2N6O2/c1-4-28-22(27)14-5-7-15(8-6-14)23(33)31-21-18(11-17(26)12-19(21)32(2)3)24(34)30-20-10-9-16(25)13-29-20/h5-13H,4H2,1-3H3,(H2,27,28)(H,31,33)(H,29,30,34). The van der Waals surface area contributed by atoms with Gasteiger partial charge in [0, 0.05) is 43.0 Å². The van der Waals surface area contributed by atoms with Crippen LogP contribution in [-0.2, 0) is 0 Å². The molecule has 1 heterocycles. The molecule has 3 aromatic rings. The van der Waals surface area contributed by atoms with E-state index in [4.69, 9.17) is 28.9 Å². The summed E-state index contributed by atoms with van der Waals surface area (Å²) in [5.41, 5.74) is 8.07. The van der Waals surface area contributed by atoms with E-state index >= 15 is 0 Å². The topological polar surface area (TPSA) is 113 Å². The zero-order chi connectivity index (χ0) is 24.8. The third kappa shape index (κ3) is 6.03. The van der Waals surface area contributed by atoms with E-state index < -0.39 is 11.8 Å². The summed E-state index contributed by atoms with van der Waals surface area (Å²) in [7, 11) is 3.57. The Bertz CT molecular complexity index is 1230. The van der Waals surface area contributed by atoms with Crippen molar-refractivity contribution >= 4 is 58.0 Å². The zero-order valence-electron chi connectivity index (χ0n) is 18.9. The van der Waals surface area contributed by atoms with E-state index in [2.05, 4.69) is 20.6 Å². The van der Waals surface area contributed by atoms with Gasteiger partial charge in [0.05, 0.1) is 22.0 Å². The summed E-state index contributed by atoms with van der Waals surface area (Å²) in [5, 5.41) is 6.33. The van der Waals surface area contributed by atoms with E-state index in [9.17, 15) is 9.59 Å². The highest BCUT2D eigenvalue weighted by molar-refractivity contribution is 6.32. The molecule has 3 rings (SSSR count). The number of hydrogen-bond donors (Lipinski definition) is 3. The van der Waals surface area contributed by atoms with Crippen LogP contribution in [0.5, 0.6) is 0 Å². The van der Waals surface area contributed by atoms with Crippen LogP contribution in [0, 0.1) is 0 Å². The summed E-state index contributed by atoms with van der Waals surface area (Å²) in [4.78, 5) is 36.2. The molecule has 34 heavy (non-hydrogen) atoms. The molecule has 0 radical (unpaired) electrons. The summed E-state index contributed by atoms with van der Waals surface area (Å²) < 4.78 is 0. The lowest BCUT2D eigenvalue weighted by Crippen LogP contribution is -2.22. The van der Waals surface area contributed by atoms with Crippen LogP contribution in [0.1, 0.15) is 33.2 Å². The van der Waals surface area contributed by atoms with Crippen molar-refractivity contribution in [2.45, 2.75) is 6.92 Å². The normalized spacial score (nSPS) is 11.1. The van der Waals surface area contributed by atoms with Crippen molar-refractivity contribution in [2.75, 3.05) is 36.2 Å². The minimum atomic E-state index is -0.491. The SMILES string of the molecule is CCN=C(N)c1ccc(C(=O)Nc2c(C(=O)Nc3ccc(Cl)cn3)cc(Cl)cc2N(C)C)cc1. The van der Waals surface area contributed by atoms with Crippen LogP contribution in [-0.4, -0.2) is 43.3 Å². The maximum Gasteiger partial charge on any atom is 0.259 e. The molecular formula is C24H24Cl2N6O2. The zero-order valence-corrected chi connectivity index (χ0v) is 20.4. The second kappa shape index (κ2) is 11.0. The average molecular weight is 499 g/mol. The molecule has 0 bridgehead atoms. The molecular weight excluding hydrogens is 475 g/mol. The molecule has 0 unspecified atom stereocenters. The van der Waals surface area contributed by atoms with Gasteiger partial charge in [0.25, 0.3) is 11.8 Å². The van der Waals surface area contributed by atoms with E-state index in [1.165, 1.54) is 12.3 Å². The molecule has 4 N–H and O–H groups in total. The van der Waals surface area contributed by atoms with Gasteiger partial charge in [-0.1, -0.05) is 35.3 Å². The molecule has 0 atom stereocenters. The first-order chi connectivity index (χ1) is 16.2. The Balaban J connectivity index is 1.94. The van der Waals surface area contributed by atoms with Crippen molar-refractivity contribution < 1.29 is 9.59 Å². The number of amidine groups is 1. The van der Waals surface area contributed by atoms with Crippen molar-refractivity contribution in [1.29, 1.82) is 0 Å². The lowest BCUT2D eigenvalue weighted by Gasteiger charge is -2.21. The van der Waals surface area contributed by atoms with E-state index in [-0.39, 0.29) is 5.56 Å². The molecule has 0 saturated carbocycles. The molecule has 2 amide bonds. The van der Waals surface area contributed by atoms with Gasteiger partial charge in [-0.2, -0.15) is 0 Å². The maximum absolute atomic E-state index is 13.1. The molecule has 8 nitrogen and oxygen atoms in total. The predicted molar refractivity (Wildman–Crippen MR) is 139 cm³/mol.